The molecular formula is C19H16N6O2S. The van der Waals surface area contributed by atoms with Crippen molar-refractivity contribution < 1.29 is 9.63 Å². The summed E-state index contributed by atoms with van der Waals surface area (Å²) in [6, 6.07) is 11.0. The standard InChI is InChI=1S/C19H16N6O2S/c1-11-12(4-2-5-14(11)20)17(21)24-27-19(26)13-10-23-25-15(7-8-22-18(13)25)16-6-3-9-28-16/h2-10H,20H2,1H3,(H2,21,24). The maximum absolute atomic E-state index is 12.5. The van der Waals surface area contributed by atoms with Crippen LogP contribution in [0.2, 0.25) is 0 Å². The fourth-order valence-corrected chi connectivity index (χ4v) is 3.50. The highest BCUT2D eigenvalue weighted by molar-refractivity contribution is 7.13. The fraction of sp³-hybridized carbons (Fsp3) is 0.0526. The first kappa shape index (κ1) is 17.7. The van der Waals surface area contributed by atoms with Gasteiger partial charge in [-0.2, -0.15) is 5.10 Å². The summed E-state index contributed by atoms with van der Waals surface area (Å²) in [4.78, 5) is 22.8. The van der Waals surface area contributed by atoms with Gasteiger partial charge in [0.05, 0.1) is 16.8 Å². The van der Waals surface area contributed by atoms with Gasteiger partial charge in [0.2, 0.25) is 0 Å². The molecule has 28 heavy (non-hydrogen) atoms. The van der Waals surface area contributed by atoms with Crippen LogP contribution < -0.4 is 11.5 Å². The van der Waals surface area contributed by atoms with Gasteiger partial charge < -0.3 is 16.3 Å². The number of nitrogen functional groups attached to an aromatic ring is 1. The summed E-state index contributed by atoms with van der Waals surface area (Å²) in [6.45, 7) is 1.82. The van der Waals surface area contributed by atoms with E-state index in [9.17, 15) is 4.79 Å². The number of oxime groups is 1. The molecule has 0 fully saturated rings. The van der Waals surface area contributed by atoms with Crippen molar-refractivity contribution in [3.8, 4) is 10.6 Å². The number of aromatic nitrogens is 3. The topological polar surface area (TPSA) is 121 Å². The molecule has 0 bridgehead atoms. The zero-order valence-corrected chi connectivity index (χ0v) is 15.7. The molecular weight excluding hydrogens is 376 g/mol. The highest BCUT2D eigenvalue weighted by atomic mass is 32.1. The molecule has 4 aromatic rings. The van der Waals surface area contributed by atoms with Crippen LogP contribution in [0, 0.1) is 6.92 Å². The van der Waals surface area contributed by atoms with Crippen LogP contribution in [-0.2, 0) is 4.84 Å². The number of hydrogen-bond donors (Lipinski definition) is 2. The molecule has 0 saturated carbocycles. The third-order valence-electron chi connectivity index (χ3n) is 4.27. The maximum atomic E-state index is 12.5. The maximum Gasteiger partial charge on any atom is 0.371 e. The van der Waals surface area contributed by atoms with Gasteiger partial charge in [0, 0.05) is 17.4 Å². The van der Waals surface area contributed by atoms with Crippen molar-refractivity contribution in [2.24, 2.45) is 10.9 Å². The van der Waals surface area contributed by atoms with Crippen molar-refractivity contribution in [1.82, 2.24) is 14.6 Å². The lowest BCUT2D eigenvalue weighted by molar-refractivity contribution is 0.0518. The first-order valence-electron chi connectivity index (χ1n) is 8.33. The smallest absolute Gasteiger partial charge is 0.371 e. The second kappa shape index (κ2) is 7.12. The normalized spacial score (nSPS) is 11.7. The average molecular weight is 392 g/mol. The molecule has 0 aliphatic carbocycles. The second-order valence-corrected chi connectivity index (χ2v) is 6.92. The Kier molecular flexibility index (Phi) is 4.50. The minimum absolute atomic E-state index is 0.0573. The van der Waals surface area contributed by atoms with Crippen molar-refractivity contribution in [2.45, 2.75) is 6.92 Å². The number of amidine groups is 1. The number of carbonyl (C=O) groups is 1. The van der Waals surface area contributed by atoms with Crippen molar-refractivity contribution in [3.63, 3.8) is 0 Å². The molecule has 1 aromatic carbocycles. The van der Waals surface area contributed by atoms with E-state index in [1.165, 1.54) is 6.20 Å². The predicted octanol–water partition coefficient (Wildman–Crippen LogP) is 2.83. The quantitative estimate of drug-likeness (QED) is 0.181. The first-order valence-corrected chi connectivity index (χ1v) is 9.21. The minimum Gasteiger partial charge on any atom is -0.398 e. The van der Waals surface area contributed by atoms with Gasteiger partial charge in [-0.15, -0.1) is 11.3 Å². The number of nitrogens with two attached hydrogens (primary N) is 2. The predicted molar refractivity (Wildman–Crippen MR) is 108 cm³/mol. The van der Waals surface area contributed by atoms with Crippen LogP contribution in [-0.4, -0.2) is 26.4 Å². The first-order chi connectivity index (χ1) is 13.6. The summed E-state index contributed by atoms with van der Waals surface area (Å²) in [5.74, 6) is -0.641. The molecule has 4 N–H and O–H groups in total. The molecule has 0 spiro atoms. The van der Waals surface area contributed by atoms with E-state index in [0.29, 0.717) is 16.9 Å². The molecule has 0 saturated heterocycles. The zero-order valence-electron chi connectivity index (χ0n) is 14.9. The molecule has 0 radical (unpaired) electrons. The number of anilines is 1. The van der Waals surface area contributed by atoms with Gasteiger partial charge in [0.15, 0.2) is 11.5 Å². The second-order valence-electron chi connectivity index (χ2n) is 5.98. The molecule has 0 atom stereocenters. The molecule has 3 aromatic heterocycles. The Morgan fingerprint density at radius 2 is 2.07 bits per heavy atom. The number of benzene rings is 1. The average Bonchev–Trinajstić information content (AvgIpc) is 3.37. The summed E-state index contributed by atoms with van der Waals surface area (Å²) < 4.78 is 1.59. The number of fused-ring (bicyclic) bond motifs is 1. The highest BCUT2D eigenvalue weighted by Gasteiger charge is 2.18. The van der Waals surface area contributed by atoms with Gasteiger partial charge in [-0.25, -0.2) is 14.3 Å². The van der Waals surface area contributed by atoms with Crippen molar-refractivity contribution >= 4 is 34.5 Å². The van der Waals surface area contributed by atoms with Crippen LogP contribution in [0.25, 0.3) is 16.2 Å². The summed E-state index contributed by atoms with van der Waals surface area (Å²) in [6.07, 6.45) is 3.02. The molecule has 0 aliphatic heterocycles. The summed E-state index contributed by atoms with van der Waals surface area (Å²) in [5, 5.41) is 10.00. The third-order valence-corrected chi connectivity index (χ3v) is 5.17. The Morgan fingerprint density at radius 1 is 1.21 bits per heavy atom. The van der Waals surface area contributed by atoms with Crippen molar-refractivity contribution in [2.75, 3.05) is 5.73 Å². The number of nitrogens with zero attached hydrogens (tertiary/aromatic N) is 4. The van der Waals surface area contributed by atoms with Gasteiger partial charge in [-0.3, -0.25) is 0 Å². The van der Waals surface area contributed by atoms with E-state index in [0.717, 1.165) is 16.1 Å². The molecule has 9 heteroatoms. The number of rotatable bonds is 4. The minimum atomic E-state index is -0.699. The zero-order chi connectivity index (χ0) is 19.7. The summed E-state index contributed by atoms with van der Waals surface area (Å²) >= 11 is 1.57. The number of hydrogen-bond acceptors (Lipinski definition) is 7. The van der Waals surface area contributed by atoms with Crippen molar-refractivity contribution in [3.05, 3.63) is 70.9 Å². The van der Waals surface area contributed by atoms with Gasteiger partial charge >= 0.3 is 5.97 Å². The van der Waals surface area contributed by atoms with E-state index in [4.69, 9.17) is 16.3 Å². The van der Waals surface area contributed by atoms with Gasteiger partial charge in [0.25, 0.3) is 0 Å². The van der Waals surface area contributed by atoms with E-state index in [2.05, 4.69) is 15.2 Å². The Bertz CT molecular complexity index is 1200. The Hall–Kier alpha value is -3.72. The van der Waals surface area contributed by atoms with Crippen LogP contribution in [0.4, 0.5) is 5.69 Å². The van der Waals surface area contributed by atoms with Crippen LogP contribution >= 0.6 is 11.3 Å². The molecule has 0 amide bonds. The SMILES string of the molecule is Cc1c(N)cccc1/C(N)=N/OC(=O)c1cnn2c(-c3cccs3)ccnc12. The van der Waals surface area contributed by atoms with Gasteiger partial charge in [-0.1, -0.05) is 23.4 Å². The lowest BCUT2D eigenvalue weighted by Crippen LogP contribution is -2.17. The Labute approximate surface area is 164 Å². The summed E-state index contributed by atoms with van der Waals surface area (Å²) in [7, 11) is 0. The van der Waals surface area contributed by atoms with Crippen LogP contribution in [0.5, 0.6) is 0 Å². The summed E-state index contributed by atoms with van der Waals surface area (Å²) in [5.41, 5.74) is 15.2. The van der Waals surface area contributed by atoms with Crippen molar-refractivity contribution in [1.29, 1.82) is 0 Å². The van der Waals surface area contributed by atoms with E-state index in [-0.39, 0.29) is 11.4 Å². The highest BCUT2D eigenvalue weighted by Crippen LogP contribution is 2.25. The number of thiophene rings is 1. The molecule has 3 heterocycles. The molecule has 0 unspecified atom stereocenters. The van der Waals surface area contributed by atoms with Crippen LogP contribution in [0.3, 0.4) is 0 Å². The Balaban J connectivity index is 1.63. The van der Waals surface area contributed by atoms with Crippen LogP contribution in [0.1, 0.15) is 21.5 Å². The van der Waals surface area contributed by atoms with Gasteiger partial charge in [-0.05, 0) is 36.1 Å². The largest absolute Gasteiger partial charge is 0.398 e. The molecule has 140 valence electrons. The number of carbonyl (C=O) groups excluding carboxylic acids is 1. The molecule has 0 aliphatic rings. The fourth-order valence-electron chi connectivity index (χ4n) is 2.77. The molecule has 8 nitrogen and oxygen atoms in total. The van der Waals surface area contributed by atoms with E-state index in [1.807, 2.05) is 30.5 Å². The third kappa shape index (κ3) is 3.08. The monoisotopic (exact) mass is 392 g/mol. The van der Waals surface area contributed by atoms with E-state index in [1.54, 1.807) is 40.2 Å². The van der Waals surface area contributed by atoms with Gasteiger partial charge in [0.1, 0.15) is 5.56 Å². The van der Waals surface area contributed by atoms with E-state index < -0.39 is 5.97 Å². The van der Waals surface area contributed by atoms with Crippen LogP contribution in [0.15, 0.2) is 59.3 Å². The lowest BCUT2D eigenvalue weighted by Gasteiger charge is -2.07. The lowest BCUT2D eigenvalue weighted by atomic mass is 10.1. The molecule has 4 rings (SSSR count). The Morgan fingerprint density at radius 3 is 2.86 bits per heavy atom. The van der Waals surface area contributed by atoms with E-state index >= 15 is 0 Å².